The lowest BCUT2D eigenvalue weighted by molar-refractivity contribution is -0.138. The van der Waals surface area contributed by atoms with Crippen LogP contribution in [0.25, 0.3) is 11.1 Å². The molecule has 0 bridgehead atoms. The van der Waals surface area contributed by atoms with Crippen molar-refractivity contribution in [3.63, 3.8) is 0 Å². The lowest BCUT2D eigenvalue weighted by Crippen LogP contribution is -2.50. The maximum Gasteiger partial charge on any atom is 0.253 e. The third kappa shape index (κ3) is 6.74. The summed E-state index contributed by atoms with van der Waals surface area (Å²) in [5.41, 5.74) is 2.06. The Hall–Kier alpha value is -2.99. The number of ether oxygens (including phenoxy) is 2. The third-order valence-electron chi connectivity index (χ3n) is 7.94. The summed E-state index contributed by atoms with van der Waals surface area (Å²) in [5, 5.41) is 9.90. The molecule has 2 heterocycles. The fourth-order valence-corrected chi connectivity index (χ4v) is 7.13. The number of benzene rings is 2. The van der Waals surface area contributed by atoms with Crippen LogP contribution in [0.5, 0.6) is 5.75 Å². The van der Waals surface area contributed by atoms with Crippen LogP contribution in [0, 0.1) is 11.8 Å². The molecular formula is C30H41N3O7S. The first-order valence-corrected chi connectivity index (χ1v) is 15.5. The van der Waals surface area contributed by atoms with Crippen molar-refractivity contribution in [2.45, 2.75) is 43.7 Å². The molecule has 1 N–H and O–H groups in total. The molecule has 10 nitrogen and oxygen atoms in total. The average molecular weight is 588 g/mol. The van der Waals surface area contributed by atoms with E-state index in [-0.39, 0.29) is 54.0 Å². The van der Waals surface area contributed by atoms with E-state index in [2.05, 4.69) is 0 Å². The second kappa shape index (κ2) is 12.9. The Morgan fingerprint density at radius 3 is 2.29 bits per heavy atom. The van der Waals surface area contributed by atoms with Crippen LogP contribution >= 0.6 is 0 Å². The van der Waals surface area contributed by atoms with E-state index < -0.39 is 22.2 Å². The van der Waals surface area contributed by atoms with Gasteiger partial charge in [-0.2, -0.15) is 4.31 Å². The topological polar surface area (TPSA) is 117 Å². The number of aliphatic hydroxyl groups excluding tert-OH is 1. The molecule has 11 heteroatoms. The van der Waals surface area contributed by atoms with Crippen LogP contribution < -0.4 is 4.74 Å². The summed E-state index contributed by atoms with van der Waals surface area (Å²) < 4.78 is 40.8. The number of hydrogen-bond donors (Lipinski definition) is 1. The molecule has 0 aromatic heterocycles. The average Bonchev–Trinajstić information content (AvgIpc) is 2.97. The van der Waals surface area contributed by atoms with Gasteiger partial charge in [-0.15, -0.1) is 0 Å². The number of nitrogens with zero attached hydrogens (tertiary/aromatic N) is 3. The van der Waals surface area contributed by atoms with Gasteiger partial charge in [0, 0.05) is 64.3 Å². The van der Waals surface area contributed by atoms with Gasteiger partial charge in [-0.1, -0.05) is 25.1 Å². The van der Waals surface area contributed by atoms with Gasteiger partial charge in [0.1, 0.15) is 16.7 Å². The number of likely N-dealkylation sites (N-methyl/N-ethyl adjacent to an activating group) is 1. The van der Waals surface area contributed by atoms with Crippen LogP contribution in [0.15, 0.2) is 47.4 Å². The standard InChI is InChI=1S/C30H41N3O7S/c1-20-17-33(21(2)19-34)41(37,38)28-11-10-25(22-6-8-23(9-7-22)29(35)31(3)4)16-26(28)40-27(20)18-32(5)30(36)24-12-14-39-15-13-24/h6-11,16,20-21,24,27,34H,12-15,17-19H2,1-5H3/t20-,21+,27+/m0/s1. The van der Waals surface area contributed by atoms with Crippen molar-refractivity contribution in [1.82, 2.24) is 14.1 Å². The number of rotatable bonds is 7. The third-order valence-corrected chi connectivity index (χ3v) is 9.96. The molecule has 1 fully saturated rings. The highest BCUT2D eigenvalue weighted by molar-refractivity contribution is 7.89. The molecule has 2 aliphatic heterocycles. The monoisotopic (exact) mass is 587 g/mol. The number of carbonyl (C=O) groups is 2. The molecule has 2 aromatic carbocycles. The van der Waals surface area contributed by atoms with Gasteiger partial charge in [-0.05, 0) is 55.2 Å². The van der Waals surface area contributed by atoms with Crippen molar-refractivity contribution in [2.75, 3.05) is 54.1 Å². The van der Waals surface area contributed by atoms with Gasteiger partial charge in [0.15, 0.2) is 0 Å². The van der Waals surface area contributed by atoms with Gasteiger partial charge in [0.2, 0.25) is 15.9 Å². The summed E-state index contributed by atoms with van der Waals surface area (Å²) >= 11 is 0. The van der Waals surface area contributed by atoms with E-state index in [9.17, 15) is 23.1 Å². The van der Waals surface area contributed by atoms with Crippen molar-refractivity contribution < 1.29 is 32.6 Å². The van der Waals surface area contributed by atoms with Crippen LogP contribution in [-0.2, 0) is 19.6 Å². The van der Waals surface area contributed by atoms with Crippen LogP contribution in [0.3, 0.4) is 0 Å². The molecule has 0 spiro atoms. The van der Waals surface area contributed by atoms with Crippen molar-refractivity contribution in [3.8, 4) is 16.9 Å². The molecule has 4 rings (SSSR count). The van der Waals surface area contributed by atoms with Crippen molar-refractivity contribution in [1.29, 1.82) is 0 Å². The zero-order valence-corrected chi connectivity index (χ0v) is 25.3. The molecule has 0 saturated carbocycles. The molecule has 2 aliphatic rings. The molecule has 0 unspecified atom stereocenters. The number of carbonyl (C=O) groups excluding carboxylic acids is 2. The van der Waals surface area contributed by atoms with Gasteiger partial charge < -0.3 is 24.4 Å². The van der Waals surface area contributed by atoms with E-state index in [1.54, 1.807) is 57.2 Å². The summed E-state index contributed by atoms with van der Waals surface area (Å²) in [4.78, 5) is 28.7. The van der Waals surface area contributed by atoms with E-state index >= 15 is 0 Å². The molecule has 2 amide bonds. The number of amides is 2. The number of fused-ring (bicyclic) bond motifs is 1. The normalized spacial score (nSPS) is 22.0. The van der Waals surface area contributed by atoms with E-state index in [0.717, 1.165) is 11.1 Å². The van der Waals surface area contributed by atoms with E-state index in [1.807, 2.05) is 19.1 Å². The largest absolute Gasteiger partial charge is 0.487 e. The predicted octanol–water partition coefficient (Wildman–Crippen LogP) is 2.71. The molecular weight excluding hydrogens is 546 g/mol. The van der Waals surface area contributed by atoms with Gasteiger partial charge in [0.05, 0.1) is 13.2 Å². The van der Waals surface area contributed by atoms with Crippen molar-refractivity contribution in [2.24, 2.45) is 11.8 Å². The molecule has 41 heavy (non-hydrogen) atoms. The summed E-state index contributed by atoms with van der Waals surface area (Å²) in [6.07, 6.45) is 0.854. The van der Waals surface area contributed by atoms with E-state index in [1.165, 1.54) is 15.3 Å². The zero-order chi connectivity index (χ0) is 29.9. The molecule has 2 aromatic rings. The molecule has 0 radical (unpaired) electrons. The summed E-state index contributed by atoms with van der Waals surface area (Å²) in [6.45, 7) is 4.79. The van der Waals surface area contributed by atoms with Gasteiger partial charge >= 0.3 is 0 Å². The Morgan fingerprint density at radius 1 is 1.05 bits per heavy atom. The number of sulfonamides is 1. The Bertz CT molecular complexity index is 1340. The summed E-state index contributed by atoms with van der Waals surface area (Å²) in [6, 6.07) is 11.4. The quantitative estimate of drug-likeness (QED) is 0.530. The molecule has 0 aliphatic carbocycles. The molecule has 3 atom stereocenters. The minimum Gasteiger partial charge on any atom is -0.487 e. The van der Waals surface area contributed by atoms with Crippen LogP contribution in [0.4, 0.5) is 0 Å². The minimum absolute atomic E-state index is 0.0104. The molecule has 1 saturated heterocycles. The first-order valence-electron chi connectivity index (χ1n) is 14.0. The highest BCUT2D eigenvalue weighted by atomic mass is 32.2. The maximum atomic E-state index is 13.8. The van der Waals surface area contributed by atoms with Gasteiger partial charge in [0.25, 0.3) is 5.91 Å². The Kier molecular flexibility index (Phi) is 9.73. The summed E-state index contributed by atoms with van der Waals surface area (Å²) in [5.74, 6) is -0.282. The SMILES string of the molecule is C[C@H](CO)N1C[C@H](C)[C@@H](CN(C)C(=O)C2CCOCC2)Oc2cc(-c3ccc(C(=O)N(C)C)cc3)ccc2S1(=O)=O. The van der Waals surface area contributed by atoms with E-state index in [0.29, 0.717) is 31.6 Å². The Labute approximate surface area is 242 Å². The smallest absolute Gasteiger partial charge is 0.253 e. The Balaban J connectivity index is 1.70. The van der Waals surface area contributed by atoms with Crippen LogP contribution in [0.1, 0.15) is 37.0 Å². The first kappa shape index (κ1) is 31.0. The highest BCUT2D eigenvalue weighted by Crippen LogP contribution is 2.37. The lowest BCUT2D eigenvalue weighted by atomic mass is 9.97. The second-order valence-electron chi connectivity index (χ2n) is 11.3. The lowest BCUT2D eigenvalue weighted by Gasteiger charge is -2.38. The highest BCUT2D eigenvalue weighted by Gasteiger charge is 2.39. The zero-order valence-electron chi connectivity index (χ0n) is 24.4. The Morgan fingerprint density at radius 2 is 1.68 bits per heavy atom. The molecule has 224 valence electrons. The number of aliphatic hydroxyl groups is 1. The van der Waals surface area contributed by atoms with Crippen molar-refractivity contribution >= 4 is 21.8 Å². The number of hydrogen-bond acceptors (Lipinski definition) is 7. The minimum atomic E-state index is -3.99. The first-order chi connectivity index (χ1) is 19.4. The van der Waals surface area contributed by atoms with Gasteiger partial charge in [-0.25, -0.2) is 8.42 Å². The van der Waals surface area contributed by atoms with Gasteiger partial charge in [-0.3, -0.25) is 9.59 Å². The van der Waals surface area contributed by atoms with E-state index in [4.69, 9.17) is 9.47 Å². The van der Waals surface area contributed by atoms with Crippen molar-refractivity contribution in [3.05, 3.63) is 48.0 Å². The predicted molar refractivity (Wildman–Crippen MR) is 155 cm³/mol. The van der Waals surface area contributed by atoms with Crippen LogP contribution in [0.2, 0.25) is 0 Å². The second-order valence-corrected chi connectivity index (χ2v) is 13.1. The maximum absolute atomic E-state index is 13.8. The fraction of sp³-hybridized carbons (Fsp3) is 0.533. The summed E-state index contributed by atoms with van der Waals surface area (Å²) in [7, 11) is 1.14. The fourth-order valence-electron chi connectivity index (χ4n) is 5.30. The van der Waals surface area contributed by atoms with Crippen LogP contribution in [-0.4, -0.2) is 106 Å².